The standard InChI is InChI=1S/C31H42N2O2S2/c1-21(2)25-14-12-22(3)19-28(25)35-31(34)32-17-8-7-9-23(32)16-18-33-26-10-5-6-11-29(26)37-30-15-13-24(36-4)20-27(30)33/h5-6,10-11,13,15,20-23,25,28H,7-9,12,14,16-19H2,1-4H3/t22-,23+,25+,28-/m1/s1. The molecular weight excluding hydrogens is 496 g/mol. The molecule has 0 unspecified atom stereocenters. The number of benzene rings is 2. The Morgan fingerprint density at radius 3 is 2.70 bits per heavy atom. The van der Waals surface area contributed by atoms with Gasteiger partial charge >= 0.3 is 6.09 Å². The molecule has 0 radical (unpaired) electrons. The number of hydrogen-bond donors (Lipinski definition) is 0. The molecule has 0 aromatic heterocycles. The average Bonchev–Trinajstić information content (AvgIpc) is 2.90. The highest BCUT2D eigenvalue weighted by Gasteiger charge is 2.36. The van der Waals surface area contributed by atoms with Crippen molar-refractivity contribution in [2.75, 3.05) is 24.2 Å². The summed E-state index contributed by atoms with van der Waals surface area (Å²) in [6.45, 7) is 8.57. The molecule has 1 aliphatic carbocycles. The second-order valence-corrected chi connectivity index (χ2v) is 13.4. The molecule has 2 heterocycles. The van der Waals surface area contributed by atoms with Crippen LogP contribution in [0.3, 0.4) is 0 Å². The normalized spacial score (nSPS) is 25.5. The molecule has 5 rings (SSSR count). The van der Waals surface area contributed by atoms with Crippen molar-refractivity contribution in [1.29, 1.82) is 0 Å². The fourth-order valence-electron chi connectivity index (χ4n) is 6.44. The van der Waals surface area contributed by atoms with Crippen LogP contribution in [0.1, 0.15) is 65.7 Å². The van der Waals surface area contributed by atoms with E-state index in [0.29, 0.717) is 17.8 Å². The Hall–Kier alpha value is -1.79. The average molecular weight is 539 g/mol. The van der Waals surface area contributed by atoms with Crippen LogP contribution >= 0.6 is 23.5 Å². The van der Waals surface area contributed by atoms with Gasteiger partial charge in [0.1, 0.15) is 6.10 Å². The zero-order valence-electron chi connectivity index (χ0n) is 22.8. The number of nitrogens with zero attached hydrogens (tertiary/aromatic N) is 2. The number of ether oxygens (including phenoxy) is 1. The lowest BCUT2D eigenvalue weighted by atomic mass is 9.75. The van der Waals surface area contributed by atoms with Crippen LogP contribution in [0.4, 0.5) is 16.2 Å². The molecule has 1 saturated carbocycles. The molecule has 4 nitrogen and oxygen atoms in total. The van der Waals surface area contributed by atoms with Gasteiger partial charge in [0, 0.05) is 33.8 Å². The van der Waals surface area contributed by atoms with Gasteiger partial charge < -0.3 is 14.5 Å². The number of rotatable bonds is 6. The largest absolute Gasteiger partial charge is 0.446 e. The highest BCUT2D eigenvalue weighted by atomic mass is 32.2. The molecule has 2 fully saturated rings. The molecule has 3 aliphatic rings. The van der Waals surface area contributed by atoms with Gasteiger partial charge in [0.15, 0.2) is 0 Å². The number of thioether (sulfide) groups is 1. The van der Waals surface area contributed by atoms with Gasteiger partial charge in [-0.25, -0.2) is 4.79 Å². The molecule has 6 heteroatoms. The monoisotopic (exact) mass is 538 g/mol. The van der Waals surface area contributed by atoms with Crippen LogP contribution in [0.5, 0.6) is 0 Å². The molecule has 1 amide bonds. The first-order chi connectivity index (χ1) is 17.9. The summed E-state index contributed by atoms with van der Waals surface area (Å²) in [6, 6.07) is 15.8. The summed E-state index contributed by atoms with van der Waals surface area (Å²) in [5, 5.41) is 0. The van der Waals surface area contributed by atoms with Crippen LogP contribution in [0, 0.1) is 17.8 Å². The predicted octanol–water partition coefficient (Wildman–Crippen LogP) is 8.85. The summed E-state index contributed by atoms with van der Waals surface area (Å²) in [4.78, 5) is 22.0. The van der Waals surface area contributed by atoms with E-state index in [-0.39, 0.29) is 18.2 Å². The minimum absolute atomic E-state index is 0.0571. The fraction of sp³-hybridized carbons (Fsp3) is 0.581. The lowest BCUT2D eigenvalue weighted by Gasteiger charge is -2.41. The van der Waals surface area contributed by atoms with Crippen LogP contribution < -0.4 is 4.90 Å². The molecule has 0 N–H and O–H groups in total. The Kier molecular flexibility index (Phi) is 8.65. The van der Waals surface area contributed by atoms with Crippen molar-refractivity contribution in [2.24, 2.45) is 17.8 Å². The smallest absolute Gasteiger partial charge is 0.410 e. The summed E-state index contributed by atoms with van der Waals surface area (Å²) in [6.07, 6.45) is 9.81. The molecule has 0 bridgehead atoms. The topological polar surface area (TPSA) is 32.8 Å². The maximum absolute atomic E-state index is 13.6. The quantitative estimate of drug-likeness (QED) is 0.343. The maximum atomic E-state index is 13.6. The Balaban J connectivity index is 1.32. The molecule has 2 aliphatic heterocycles. The lowest BCUT2D eigenvalue weighted by molar-refractivity contribution is -0.0194. The summed E-state index contributed by atoms with van der Waals surface area (Å²) >= 11 is 3.65. The minimum Gasteiger partial charge on any atom is -0.446 e. The van der Waals surface area contributed by atoms with E-state index < -0.39 is 0 Å². The molecular formula is C31H42N2O2S2. The van der Waals surface area contributed by atoms with Crippen molar-refractivity contribution in [3.63, 3.8) is 0 Å². The highest BCUT2D eigenvalue weighted by molar-refractivity contribution is 8.00. The van der Waals surface area contributed by atoms with E-state index in [4.69, 9.17) is 4.74 Å². The van der Waals surface area contributed by atoms with Crippen molar-refractivity contribution < 1.29 is 9.53 Å². The number of likely N-dealkylation sites (tertiary alicyclic amines) is 1. The Labute approximate surface area is 231 Å². The molecule has 4 atom stereocenters. The van der Waals surface area contributed by atoms with E-state index in [0.717, 1.165) is 38.8 Å². The van der Waals surface area contributed by atoms with Gasteiger partial charge in [-0.3, -0.25) is 0 Å². The van der Waals surface area contributed by atoms with E-state index in [2.05, 4.69) is 79.3 Å². The Morgan fingerprint density at radius 2 is 1.89 bits per heavy atom. The number of carbonyl (C=O) groups is 1. The summed E-state index contributed by atoms with van der Waals surface area (Å²) in [5.74, 6) is 1.66. The van der Waals surface area contributed by atoms with Gasteiger partial charge in [-0.15, -0.1) is 11.8 Å². The zero-order valence-corrected chi connectivity index (χ0v) is 24.5. The summed E-state index contributed by atoms with van der Waals surface area (Å²) in [5.41, 5.74) is 2.57. The Bertz CT molecular complexity index is 1090. The first kappa shape index (κ1) is 26.8. The van der Waals surface area contributed by atoms with Gasteiger partial charge in [-0.05, 0) is 92.9 Å². The van der Waals surface area contributed by atoms with Crippen LogP contribution in [0.25, 0.3) is 0 Å². The second-order valence-electron chi connectivity index (χ2n) is 11.4. The first-order valence-corrected chi connectivity index (χ1v) is 16.2. The fourth-order valence-corrected chi connectivity index (χ4v) is 7.95. The van der Waals surface area contributed by atoms with Gasteiger partial charge in [0.2, 0.25) is 0 Å². The first-order valence-electron chi connectivity index (χ1n) is 14.1. The SMILES string of the molecule is CSc1ccc2c(c1)N(CC[C@@H]1CCCCN1C(=O)O[C@@H]1C[C@H](C)CC[C@H]1C(C)C)c1ccccc1S2. The number of amides is 1. The Morgan fingerprint density at radius 1 is 1.08 bits per heavy atom. The third-order valence-electron chi connectivity index (χ3n) is 8.59. The van der Waals surface area contributed by atoms with Crippen molar-refractivity contribution >= 4 is 41.0 Å². The van der Waals surface area contributed by atoms with Crippen molar-refractivity contribution in [2.45, 2.75) is 92.5 Å². The zero-order chi connectivity index (χ0) is 25.9. The molecule has 2 aromatic carbocycles. The van der Waals surface area contributed by atoms with Gasteiger partial charge in [-0.2, -0.15) is 0 Å². The molecule has 1 saturated heterocycles. The lowest BCUT2D eigenvalue weighted by Crippen LogP contribution is -2.48. The number of carbonyl (C=O) groups excluding carboxylic acids is 1. The van der Waals surface area contributed by atoms with Crippen LogP contribution in [0.2, 0.25) is 0 Å². The molecule has 0 spiro atoms. The summed E-state index contributed by atoms with van der Waals surface area (Å²) < 4.78 is 6.31. The van der Waals surface area contributed by atoms with E-state index in [1.807, 2.05) is 11.8 Å². The van der Waals surface area contributed by atoms with Crippen molar-refractivity contribution in [3.05, 3.63) is 42.5 Å². The third-order valence-corrected chi connectivity index (χ3v) is 10.4. The van der Waals surface area contributed by atoms with Gasteiger partial charge in [0.25, 0.3) is 0 Å². The number of anilines is 2. The third kappa shape index (κ3) is 5.95. The predicted molar refractivity (Wildman–Crippen MR) is 156 cm³/mol. The highest BCUT2D eigenvalue weighted by Crippen LogP contribution is 2.49. The second kappa shape index (κ2) is 11.9. The van der Waals surface area contributed by atoms with Crippen LogP contribution in [0.15, 0.2) is 57.2 Å². The van der Waals surface area contributed by atoms with Crippen molar-refractivity contribution in [1.82, 2.24) is 4.90 Å². The van der Waals surface area contributed by atoms with E-state index >= 15 is 0 Å². The number of piperidine rings is 1. The van der Waals surface area contributed by atoms with Gasteiger partial charge in [0.05, 0.1) is 11.4 Å². The maximum Gasteiger partial charge on any atom is 0.410 e. The van der Waals surface area contributed by atoms with E-state index in [1.165, 1.54) is 45.3 Å². The van der Waals surface area contributed by atoms with Crippen molar-refractivity contribution in [3.8, 4) is 0 Å². The van der Waals surface area contributed by atoms with E-state index in [9.17, 15) is 4.79 Å². The van der Waals surface area contributed by atoms with E-state index in [1.54, 1.807) is 11.8 Å². The number of para-hydroxylation sites is 1. The summed E-state index contributed by atoms with van der Waals surface area (Å²) in [7, 11) is 0. The molecule has 2 aromatic rings. The van der Waals surface area contributed by atoms with Crippen LogP contribution in [-0.2, 0) is 4.74 Å². The molecule has 37 heavy (non-hydrogen) atoms. The minimum atomic E-state index is -0.0749. The van der Waals surface area contributed by atoms with Crippen LogP contribution in [-0.4, -0.2) is 42.5 Å². The van der Waals surface area contributed by atoms with Gasteiger partial charge in [-0.1, -0.05) is 51.1 Å². The number of hydrogen-bond acceptors (Lipinski definition) is 5. The number of fused-ring (bicyclic) bond motifs is 2. The molecule has 200 valence electrons.